The van der Waals surface area contributed by atoms with Crippen LogP contribution in [0.4, 0.5) is 13.2 Å². The molecule has 1 amide bonds. The number of hydrogen-bond acceptors (Lipinski definition) is 1. The maximum absolute atomic E-state index is 12.8. The summed E-state index contributed by atoms with van der Waals surface area (Å²) in [5, 5.41) is 3.15. The zero-order valence-corrected chi connectivity index (χ0v) is 13.5. The average Bonchev–Trinajstić information content (AvgIpc) is 2.49. The molecule has 1 aromatic rings. The highest BCUT2D eigenvalue weighted by atomic mass is 19.4. The molecule has 4 aliphatic carbocycles. The first kappa shape index (κ1) is 16.0. The van der Waals surface area contributed by atoms with E-state index in [1.165, 1.54) is 38.2 Å². The van der Waals surface area contributed by atoms with Crippen molar-refractivity contribution >= 4 is 5.91 Å². The van der Waals surface area contributed by atoms with Crippen molar-refractivity contribution in [3.05, 3.63) is 35.4 Å². The molecule has 1 aromatic carbocycles. The van der Waals surface area contributed by atoms with Crippen LogP contribution in [0.25, 0.3) is 0 Å². The van der Waals surface area contributed by atoms with Gasteiger partial charge in [0.15, 0.2) is 0 Å². The average molecular weight is 337 g/mol. The predicted molar refractivity (Wildman–Crippen MR) is 84.1 cm³/mol. The third-order valence-electron chi connectivity index (χ3n) is 6.17. The molecular formula is C19H22F3NO. The molecular weight excluding hydrogens is 315 g/mol. The third-order valence-corrected chi connectivity index (χ3v) is 6.17. The number of benzene rings is 1. The van der Waals surface area contributed by atoms with Crippen molar-refractivity contribution in [2.24, 2.45) is 23.7 Å². The minimum absolute atomic E-state index is 0.0206. The fourth-order valence-corrected chi connectivity index (χ4v) is 5.44. The van der Waals surface area contributed by atoms with Crippen molar-refractivity contribution in [3.63, 3.8) is 0 Å². The summed E-state index contributed by atoms with van der Waals surface area (Å²) in [4.78, 5) is 12.4. The van der Waals surface area contributed by atoms with Gasteiger partial charge in [-0.05, 0) is 67.4 Å². The van der Waals surface area contributed by atoms with Crippen LogP contribution in [-0.2, 0) is 17.4 Å². The van der Waals surface area contributed by atoms with Crippen LogP contribution in [-0.4, -0.2) is 11.9 Å². The molecule has 0 unspecified atom stereocenters. The Labute approximate surface area is 139 Å². The van der Waals surface area contributed by atoms with E-state index in [-0.39, 0.29) is 18.4 Å². The second-order valence-corrected chi connectivity index (χ2v) is 7.90. The third kappa shape index (κ3) is 3.05. The molecule has 4 fully saturated rings. The molecule has 0 atom stereocenters. The summed E-state index contributed by atoms with van der Waals surface area (Å²) in [6.07, 6.45) is 1.85. The predicted octanol–water partition coefficient (Wildman–Crippen LogP) is 4.19. The maximum atomic E-state index is 12.8. The minimum atomic E-state index is -4.37. The molecule has 0 spiro atoms. The van der Waals surface area contributed by atoms with Crippen LogP contribution in [0.5, 0.6) is 0 Å². The number of carbonyl (C=O) groups is 1. The van der Waals surface area contributed by atoms with E-state index in [1.807, 2.05) is 0 Å². The molecule has 5 heteroatoms. The zero-order chi connectivity index (χ0) is 16.9. The second kappa shape index (κ2) is 5.78. The van der Waals surface area contributed by atoms with Crippen molar-refractivity contribution < 1.29 is 18.0 Å². The van der Waals surface area contributed by atoms with Crippen LogP contribution < -0.4 is 5.32 Å². The van der Waals surface area contributed by atoms with E-state index in [4.69, 9.17) is 0 Å². The molecule has 0 aliphatic heterocycles. The van der Waals surface area contributed by atoms with Gasteiger partial charge in [0.25, 0.3) is 0 Å². The van der Waals surface area contributed by atoms with Gasteiger partial charge in [-0.2, -0.15) is 13.2 Å². The number of halogens is 3. The van der Waals surface area contributed by atoms with Gasteiger partial charge in [-0.1, -0.05) is 18.2 Å². The van der Waals surface area contributed by atoms with Gasteiger partial charge in [0.2, 0.25) is 5.91 Å². The van der Waals surface area contributed by atoms with E-state index in [0.717, 1.165) is 24.0 Å². The van der Waals surface area contributed by atoms with Crippen molar-refractivity contribution in [1.29, 1.82) is 0 Å². The summed E-state index contributed by atoms with van der Waals surface area (Å²) in [5.74, 6) is 2.68. The van der Waals surface area contributed by atoms with Gasteiger partial charge < -0.3 is 5.32 Å². The Balaban J connectivity index is 1.41. The molecule has 4 bridgehead atoms. The van der Waals surface area contributed by atoms with Crippen LogP contribution in [0.15, 0.2) is 24.3 Å². The Bertz CT molecular complexity index is 612. The van der Waals surface area contributed by atoms with E-state index in [1.54, 1.807) is 6.07 Å². The summed E-state index contributed by atoms with van der Waals surface area (Å²) >= 11 is 0. The summed E-state index contributed by atoms with van der Waals surface area (Å²) in [5.41, 5.74) is -0.270. The Hall–Kier alpha value is -1.52. The molecule has 4 aliphatic rings. The molecule has 2 nitrogen and oxygen atoms in total. The summed E-state index contributed by atoms with van der Waals surface area (Å²) in [6.45, 7) is 0. The summed E-state index contributed by atoms with van der Waals surface area (Å²) < 4.78 is 38.3. The second-order valence-electron chi connectivity index (χ2n) is 7.90. The zero-order valence-electron chi connectivity index (χ0n) is 13.5. The van der Waals surface area contributed by atoms with Crippen LogP contribution >= 0.6 is 0 Å². The lowest BCUT2D eigenvalue weighted by Gasteiger charge is -2.54. The summed E-state index contributed by atoms with van der Waals surface area (Å²) in [6, 6.07) is 5.31. The lowest BCUT2D eigenvalue weighted by molar-refractivity contribution is -0.137. The molecule has 24 heavy (non-hydrogen) atoms. The Morgan fingerprint density at radius 3 is 2.25 bits per heavy atom. The van der Waals surface area contributed by atoms with E-state index < -0.39 is 11.7 Å². The first-order valence-corrected chi connectivity index (χ1v) is 8.84. The molecule has 0 saturated heterocycles. The summed E-state index contributed by atoms with van der Waals surface area (Å²) in [7, 11) is 0. The Kier molecular flexibility index (Phi) is 3.85. The molecule has 4 saturated carbocycles. The molecule has 0 aromatic heterocycles. The number of alkyl halides is 3. The van der Waals surface area contributed by atoms with Gasteiger partial charge in [0.1, 0.15) is 0 Å². The number of carbonyl (C=O) groups excluding carboxylic acids is 1. The number of nitrogens with one attached hydrogen (secondary N) is 1. The monoisotopic (exact) mass is 337 g/mol. The van der Waals surface area contributed by atoms with Crippen molar-refractivity contribution in [1.82, 2.24) is 5.32 Å². The highest BCUT2D eigenvalue weighted by Crippen LogP contribution is 2.53. The van der Waals surface area contributed by atoms with E-state index in [0.29, 0.717) is 17.4 Å². The van der Waals surface area contributed by atoms with Crippen molar-refractivity contribution in [3.8, 4) is 0 Å². The van der Waals surface area contributed by atoms with Gasteiger partial charge in [0.05, 0.1) is 12.0 Å². The van der Waals surface area contributed by atoms with Crippen LogP contribution in [0, 0.1) is 23.7 Å². The van der Waals surface area contributed by atoms with Crippen molar-refractivity contribution in [2.45, 2.75) is 50.7 Å². The SMILES string of the molecule is O=C(Cc1cccc(C(F)(F)F)c1)NC1C2CC3CC(C2)CC1C3. The van der Waals surface area contributed by atoms with Crippen LogP contribution in [0.3, 0.4) is 0 Å². The maximum Gasteiger partial charge on any atom is 0.416 e. The van der Waals surface area contributed by atoms with Crippen LogP contribution in [0.1, 0.15) is 43.2 Å². The largest absolute Gasteiger partial charge is 0.416 e. The Morgan fingerprint density at radius 2 is 1.67 bits per heavy atom. The molecule has 0 radical (unpaired) electrons. The van der Waals surface area contributed by atoms with Gasteiger partial charge >= 0.3 is 6.18 Å². The standard InChI is InChI=1S/C19H22F3NO/c20-19(21,22)16-3-1-2-11(9-16)10-17(24)23-18-14-5-12-4-13(7-14)8-15(18)6-12/h1-3,9,12-15,18H,4-8,10H2,(H,23,24). The smallest absolute Gasteiger partial charge is 0.353 e. The van der Waals surface area contributed by atoms with Crippen molar-refractivity contribution in [2.75, 3.05) is 0 Å². The highest BCUT2D eigenvalue weighted by molar-refractivity contribution is 5.79. The van der Waals surface area contributed by atoms with Gasteiger partial charge in [-0.3, -0.25) is 4.79 Å². The Morgan fingerprint density at radius 1 is 1.04 bits per heavy atom. The van der Waals surface area contributed by atoms with E-state index >= 15 is 0 Å². The first-order chi connectivity index (χ1) is 11.4. The normalized spacial score (nSPS) is 34.4. The first-order valence-electron chi connectivity index (χ1n) is 8.84. The van der Waals surface area contributed by atoms with Crippen LogP contribution in [0.2, 0.25) is 0 Å². The fourth-order valence-electron chi connectivity index (χ4n) is 5.44. The van der Waals surface area contributed by atoms with Gasteiger partial charge in [-0.25, -0.2) is 0 Å². The number of hydrogen-bond donors (Lipinski definition) is 1. The van der Waals surface area contributed by atoms with E-state index in [2.05, 4.69) is 5.32 Å². The number of amides is 1. The van der Waals surface area contributed by atoms with Gasteiger partial charge in [-0.15, -0.1) is 0 Å². The molecule has 130 valence electrons. The van der Waals surface area contributed by atoms with E-state index in [9.17, 15) is 18.0 Å². The lowest BCUT2D eigenvalue weighted by Crippen LogP contribution is -2.56. The molecule has 5 rings (SSSR count). The molecule has 1 N–H and O–H groups in total. The van der Waals surface area contributed by atoms with Gasteiger partial charge in [0, 0.05) is 6.04 Å². The minimum Gasteiger partial charge on any atom is -0.353 e. The number of rotatable bonds is 3. The lowest BCUT2D eigenvalue weighted by atomic mass is 9.54. The highest BCUT2D eigenvalue weighted by Gasteiger charge is 2.48. The fraction of sp³-hybridized carbons (Fsp3) is 0.632. The topological polar surface area (TPSA) is 29.1 Å². The molecule has 0 heterocycles. The quantitative estimate of drug-likeness (QED) is 0.880.